The van der Waals surface area contributed by atoms with Gasteiger partial charge in [-0.2, -0.15) is 13.2 Å². The minimum absolute atomic E-state index is 0.0392. The Morgan fingerprint density at radius 3 is 2.62 bits per heavy atom. The second-order valence-electron chi connectivity index (χ2n) is 4.61. The highest BCUT2D eigenvalue weighted by Gasteiger charge is 2.34. The van der Waals surface area contributed by atoms with E-state index in [1.807, 2.05) is 0 Å². The minimum Gasteiger partial charge on any atom is -0.466 e. The van der Waals surface area contributed by atoms with Crippen molar-refractivity contribution in [3.63, 3.8) is 0 Å². The van der Waals surface area contributed by atoms with Gasteiger partial charge in [-0.15, -0.1) is 0 Å². The fourth-order valence-corrected chi connectivity index (χ4v) is 1.91. The van der Waals surface area contributed by atoms with E-state index in [9.17, 15) is 22.4 Å². The summed E-state index contributed by atoms with van der Waals surface area (Å²) in [4.78, 5) is 11.2. The summed E-state index contributed by atoms with van der Waals surface area (Å²) in [6.07, 6.45) is -4.49. The van der Waals surface area contributed by atoms with Crippen molar-refractivity contribution < 1.29 is 27.1 Å². The van der Waals surface area contributed by atoms with E-state index in [-0.39, 0.29) is 31.4 Å². The van der Waals surface area contributed by atoms with Crippen molar-refractivity contribution in [2.75, 3.05) is 6.61 Å². The van der Waals surface area contributed by atoms with E-state index in [0.717, 1.165) is 12.1 Å². The Balaban J connectivity index is 2.72. The summed E-state index contributed by atoms with van der Waals surface area (Å²) >= 11 is 0. The van der Waals surface area contributed by atoms with Gasteiger partial charge < -0.3 is 10.5 Å². The predicted molar refractivity (Wildman–Crippen MR) is 68.9 cm³/mol. The van der Waals surface area contributed by atoms with Crippen molar-refractivity contribution in [2.45, 2.75) is 38.4 Å². The highest BCUT2D eigenvalue weighted by molar-refractivity contribution is 5.69. The predicted octanol–water partition coefficient (Wildman–Crippen LogP) is 3.06. The zero-order valence-electron chi connectivity index (χ0n) is 11.5. The van der Waals surface area contributed by atoms with Crippen molar-refractivity contribution in [3.05, 3.63) is 35.1 Å². The van der Waals surface area contributed by atoms with Gasteiger partial charge in [0.25, 0.3) is 0 Å². The Morgan fingerprint density at radius 2 is 2.05 bits per heavy atom. The smallest absolute Gasteiger partial charge is 0.416 e. The molecule has 7 heteroatoms. The van der Waals surface area contributed by atoms with Crippen LogP contribution in [0.15, 0.2) is 18.2 Å². The molecule has 0 fully saturated rings. The molecule has 118 valence electrons. The van der Waals surface area contributed by atoms with E-state index in [0.29, 0.717) is 6.07 Å². The van der Waals surface area contributed by atoms with Crippen LogP contribution in [0.1, 0.15) is 30.9 Å². The first-order valence-corrected chi connectivity index (χ1v) is 6.50. The van der Waals surface area contributed by atoms with Crippen molar-refractivity contribution in [1.82, 2.24) is 0 Å². The molecular weight excluding hydrogens is 290 g/mol. The van der Waals surface area contributed by atoms with Gasteiger partial charge in [-0.3, -0.25) is 4.79 Å². The molecule has 0 aromatic heterocycles. The normalized spacial score (nSPS) is 13.0. The molecule has 0 aliphatic heterocycles. The van der Waals surface area contributed by atoms with Crippen LogP contribution in [-0.2, 0) is 22.1 Å². The molecule has 0 radical (unpaired) electrons. The summed E-state index contributed by atoms with van der Waals surface area (Å²) in [6, 6.07) is 1.85. The van der Waals surface area contributed by atoms with Gasteiger partial charge in [0, 0.05) is 12.5 Å². The SMILES string of the molecule is CCOC(=O)CCC(N)Cc1ccc(F)cc1C(F)(F)F. The van der Waals surface area contributed by atoms with Crippen LogP contribution in [0.2, 0.25) is 0 Å². The molecule has 2 N–H and O–H groups in total. The van der Waals surface area contributed by atoms with Crippen molar-refractivity contribution in [2.24, 2.45) is 5.73 Å². The average molecular weight is 307 g/mol. The fraction of sp³-hybridized carbons (Fsp3) is 0.500. The number of esters is 1. The number of nitrogens with two attached hydrogens (primary N) is 1. The largest absolute Gasteiger partial charge is 0.466 e. The van der Waals surface area contributed by atoms with Crippen LogP contribution in [0.3, 0.4) is 0 Å². The number of ether oxygens (including phenoxy) is 1. The summed E-state index contributed by atoms with van der Waals surface area (Å²) in [5.41, 5.74) is 4.62. The Bertz CT molecular complexity index is 488. The topological polar surface area (TPSA) is 52.3 Å². The van der Waals surface area contributed by atoms with Gasteiger partial charge in [-0.05, 0) is 37.5 Å². The molecule has 1 unspecified atom stereocenters. The lowest BCUT2D eigenvalue weighted by Gasteiger charge is -2.16. The first kappa shape index (κ1) is 17.4. The maximum absolute atomic E-state index is 13.0. The molecule has 0 amide bonds. The number of alkyl halides is 3. The molecule has 0 heterocycles. The molecule has 0 spiro atoms. The summed E-state index contributed by atoms with van der Waals surface area (Å²) in [5, 5.41) is 0. The molecule has 21 heavy (non-hydrogen) atoms. The van der Waals surface area contributed by atoms with Gasteiger partial charge >= 0.3 is 12.1 Å². The second kappa shape index (κ2) is 7.40. The third-order valence-electron chi connectivity index (χ3n) is 2.88. The molecule has 0 aliphatic rings. The van der Waals surface area contributed by atoms with Gasteiger partial charge in [0.15, 0.2) is 0 Å². The number of benzene rings is 1. The van der Waals surface area contributed by atoms with Crippen LogP contribution < -0.4 is 5.73 Å². The maximum atomic E-state index is 13.0. The summed E-state index contributed by atoms with van der Waals surface area (Å²) in [7, 11) is 0. The highest BCUT2D eigenvalue weighted by Crippen LogP contribution is 2.33. The third-order valence-corrected chi connectivity index (χ3v) is 2.88. The molecule has 1 aromatic carbocycles. The van der Waals surface area contributed by atoms with Crippen LogP contribution >= 0.6 is 0 Å². The fourth-order valence-electron chi connectivity index (χ4n) is 1.91. The second-order valence-corrected chi connectivity index (χ2v) is 4.61. The quantitative estimate of drug-likeness (QED) is 0.649. The molecular formula is C14H17F4NO2. The van der Waals surface area contributed by atoms with E-state index >= 15 is 0 Å². The van der Waals surface area contributed by atoms with E-state index in [1.54, 1.807) is 6.92 Å². The molecule has 1 atom stereocenters. The average Bonchev–Trinajstić information content (AvgIpc) is 2.38. The van der Waals surface area contributed by atoms with Crippen LogP contribution in [0.25, 0.3) is 0 Å². The lowest BCUT2D eigenvalue weighted by molar-refractivity contribution is -0.143. The summed E-state index contributed by atoms with van der Waals surface area (Å²) in [5.74, 6) is -1.39. The molecule has 0 saturated carbocycles. The molecule has 0 bridgehead atoms. The summed E-state index contributed by atoms with van der Waals surface area (Å²) < 4.78 is 56.1. The number of rotatable bonds is 6. The van der Waals surface area contributed by atoms with E-state index in [4.69, 9.17) is 10.5 Å². The Labute approximate surface area is 120 Å². The monoisotopic (exact) mass is 307 g/mol. The number of hydrogen-bond donors (Lipinski definition) is 1. The van der Waals surface area contributed by atoms with Crippen LogP contribution in [-0.4, -0.2) is 18.6 Å². The van der Waals surface area contributed by atoms with Gasteiger partial charge in [-0.25, -0.2) is 4.39 Å². The standard InChI is InChI=1S/C14H17F4NO2/c1-2-21-13(20)6-5-11(19)7-9-3-4-10(15)8-12(9)14(16,17)18/h3-4,8,11H,2,5-7,19H2,1H3. The summed E-state index contributed by atoms with van der Waals surface area (Å²) in [6.45, 7) is 1.90. The van der Waals surface area contributed by atoms with Crippen molar-refractivity contribution in [1.29, 1.82) is 0 Å². The highest BCUT2D eigenvalue weighted by atomic mass is 19.4. The zero-order valence-corrected chi connectivity index (χ0v) is 11.5. The van der Waals surface area contributed by atoms with Crippen molar-refractivity contribution in [3.8, 4) is 0 Å². The number of hydrogen-bond acceptors (Lipinski definition) is 3. The molecule has 0 aliphatic carbocycles. The Hall–Kier alpha value is -1.63. The Morgan fingerprint density at radius 1 is 1.38 bits per heavy atom. The van der Waals surface area contributed by atoms with Gasteiger partial charge in [0.05, 0.1) is 12.2 Å². The van der Waals surface area contributed by atoms with Crippen molar-refractivity contribution >= 4 is 5.97 Å². The van der Waals surface area contributed by atoms with E-state index in [2.05, 4.69) is 0 Å². The molecule has 0 saturated heterocycles. The molecule has 1 aromatic rings. The number of carbonyl (C=O) groups excluding carboxylic acids is 1. The van der Waals surface area contributed by atoms with E-state index < -0.39 is 29.6 Å². The first-order chi connectivity index (χ1) is 9.74. The van der Waals surface area contributed by atoms with Crippen LogP contribution in [0.5, 0.6) is 0 Å². The molecule has 1 rings (SSSR count). The zero-order chi connectivity index (χ0) is 16.0. The first-order valence-electron chi connectivity index (χ1n) is 6.50. The van der Waals surface area contributed by atoms with Gasteiger partial charge in [0.1, 0.15) is 5.82 Å². The lowest BCUT2D eigenvalue weighted by Crippen LogP contribution is -2.25. The third kappa shape index (κ3) is 5.71. The molecule has 3 nitrogen and oxygen atoms in total. The number of carbonyl (C=O) groups is 1. The maximum Gasteiger partial charge on any atom is 0.416 e. The number of halogens is 4. The van der Waals surface area contributed by atoms with Gasteiger partial charge in [0.2, 0.25) is 0 Å². The van der Waals surface area contributed by atoms with Crippen LogP contribution in [0, 0.1) is 5.82 Å². The lowest BCUT2D eigenvalue weighted by atomic mass is 9.97. The minimum atomic E-state index is -4.64. The van der Waals surface area contributed by atoms with Crippen LogP contribution in [0.4, 0.5) is 17.6 Å². The van der Waals surface area contributed by atoms with E-state index in [1.165, 1.54) is 0 Å². The van der Waals surface area contributed by atoms with Gasteiger partial charge in [-0.1, -0.05) is 6.07 Å². The Kier molecular flexibility index (Phi) is 6.14.